The molecule has 0 amide bonds. The first-order valence-electron chi connectivity index (χ1n) is 5.02. The molecule has 1 aliphatic rings. The van der Waals surface area contributed by atoms with Crippen molar-refractivity contribution in [3.8, 4) is 0 Å². The van der Waals surface area contributed by atoms with Crippen LogP contribution in [0.3, 0.4) is 0 Å². The van der Waals surface area contributed by atoms with Gasteiger partial charge in [-0.3, -0.25) is 0 Å². The van der Waals surface area contributed by atoms with E-state index in [1.165, 1.54) is 0 Å². The Morgan fingerprint density at radius 1 is 1.64 bits per heavy atom. The Morgan fingerprint density at radius 3 is 3.14 bits per heavy atom. The van der Waals surface area contributed by atoms with Crippen molar-refractivity contribution in [2.75, 3.05) is 6.61 Å². The molecule has 0 bridgehead atoms. The van der Waals surface area contributed by atoms with Crippen LogP contribution in [0.1, 0.15) is 50.0 Å². The highest BCUT2D eigenvalue weighted by atomic mass is 16.5. The lowest BCUT2D eigenvalue weighted by Crippen LogP contribution is -2.09. The van der Waals surface area contributed by atoms with Gasteiger partial charge in [0.1, 0.15) is 6.10 Å². The van der Waals surface area contributed by atoms with E-state index >= 15 is 0 Å². The van der Waals surface area contributed by atoms with Gasteiger partial charge in [0.25, 0.3) is 0 Å². The fraction of sp³-hybridized carbons (Fsp3) is 0.778. The minimum Gasteiger partial charge on any atom is -0.370 e. The monoisotopic (exact) mass is 197 g/mol. The normalized spacial score (nSPS) is 24.0. The SMILES string of the molecule is CC[C@H](N)c1nc(C2CCCO2)no1. The topological polar surface area (TPSA) is 74.2 Å². The molecule has 5 nitrogen and oxygen atoms in total. The lowest BCUT2D eigenvalue weighted by molar-refractivity contribution is 0.103. The van der Waals surface area contributed by atoms with Crippen molar-refractivity contribution in [3.05, 3.63) is 11.7 Å². The summed E-state index contributed by atoms with van der Waals surface area (Å²) in [5.41, 5.74) is 5.77. The van der Waals surface area contributed by atoms with Crippen LogP contribution >= 0.6 is 0 Å². The van der Waals surface area contributed by atoms with Gasteiger partial charge in [-0.2, -0.15) is 4.98 Å². The van der Waals surface area contributed by atoms with Crippen LogP contribution < -0.4 is 5.73 Å². The maximum atomic E-state index is 5.77. The number of hydrogen-bond acceptors (Lipinski definition) is 5. The van der Waals surface area contributed by atoms with E-state index in [0.717, 1.165) is 25.9 Å². The van der Waals surface area contributed by atoms with E-state index in [4.69, 9.17) is 15.0 Å². The fourth-order valence-corrected chi connectivity index (χ4v) is 1.48. The molecule has 0 radical (unpaired) electrons. The fourth-order valence-electron chi connectivity index (χ4n) is 1.48. The molecule has 2 heterocycles. The summed E-state index contributed by atoms with van der Waals surface area (Å²) >= 11 is 0. The molecule has 0 saturated carbocycles. The molecular formula is C9H15N3O2. The average Bonchev–Trinajstić information content (AvgIpc) is 2.86. The predicted molar refractivity (Wildman–Crippen MR) is 49.4 cm³/mol. The molecule has 2 N–H and O–H groups in total. The molecule has 0 spiro atoms. The molecule has 1 saturated heterocycles. The van der Waals surface area contributed by atoms with Crippen molar-refractivity contribution in [1.82, 2.24) is 10.1 Å². The second-order valence-electron chi connectivity index (χ2n) is 3.51. The van der Waals surface area contributed by atoms with Gasteiger partial charge in [-0.1, -0.05) is 12.1 Å². The van der Waals surface area contributed by atoms with Crippen LogP contribution in [0.4, 0.5) is 0 Å². The van der Waals surface area contributed by atoms with Gasteiger partial charge in [0.2, 0.25) is 11.7 Å². The summed E-state index contributed by atoms with van der Waals surface area (Å²) in [5, 5.41) is 3.88. The van der Waals surface area contributed by atoms with Crippen LogP contribution in [-0.4, -0.2) is 16.7 Å². The van der Waals surface area contributed by atoms with Crippen molar-refractivity contribution in [2.24, 2.45) is 5.73 Å². The highest BCUT2D eigenvalue weighted by molar-refractivity contribution is 4.95. The van der Waals surface area contributed by atoms with E-state index in [2.05, 4.69) is 10.1 Å². The third-order valence-electron chi connectivity index (χ3n) is 2.43. The van der Waals surface area contributed by atoms with Gasteiger partial charge in [-0.25, -0.2) is 0 Å². The van der Waals surface area contributed by atoms with Gasteiger partial charge in [0.05, 0.1) is 6.04 Å². The van der Waals surface area contributed by atoms with Gasteiger partial charge in [-0.05, 0) is 19.3 Å². The summed E-state index contributed by atoms with van der Waals surface area (Å²) in [5.74, 6) is 1.15. The Kier molecular flexibility index (Phi) is 2.79. The first-order chi connectivity index (χ1) is 6.81. The predicted octanol–water partition coefficient (Wildman–Crippen LogP) is 1.33. The Morgan fingerprint density at radius 2 is 2.50 bits per heavy atom. The molecule has 1 aliphatic heterocycles. The van der Waals surface area contributed by atoms with Gasteiger partial charge in [-0.15, -0.1) is 0 Å². The quantitative estimate of drug-likeness (QED) is 0.791. The molecule has 2 atom stereocenters. The maximum absolute atomic E-state index is 5.77. The molecule has 2 rings (SSSR count). The zero-order chi connectivity index (χ0) is 9.97. The molecule has 14 heavy (non-hydrogen) atoms. The Labute approximate surface area is 82.6 Å². The summed E-state index contributed by atoms with van der Waals surface area (Å²) in [4.78, 5) is 4.24. The molecule has 1 unspecified atom stereocenters. The minimum atomic E-state index is -0.155. The number of ether oxygens (including phenoxy) is 1. The van der Waals surface area contributed by atoms with E-state index in [1.54, 1.807) is 0 Å². The summed E-state index contributed by atoms with van der Waals surface area (Å²) in [6.45, 7) is 2.77. The number of aromatic nitrogens is 2. The second kappa shape index (κ2) is 4.06. The van der Waals surface area contributed by atoms with Gasteiger partial charge < -0.3 is 15.0 Å². The van der Waals surface area contributed by atoms with Gasteiger partial charge in [0.15, 0.2) is 0 Å². The zero-order valence-corrected chi connectivity index (χ0v) is 8.27. The molecule has 5 heteroatoms. The van der Waals surface area contributed by atoms with Crippen LogP contribution in [0.15, 0.2) is 4.52 Å². The number of nitrogens with two attached hydrogens (primary N) is 1. The van der Waals surface area contributed by atoms with E-state index < -0.39 is 0 Å². The molecule has 1 fully saturated rings. The van der Waals surface area contributed by atoms with Crippen molar-refractivity contribution in [1.29, 1.82) is 0 Å². The van der Waals surface area contributed by atoms with Crippen molar-refractivity contribution in [2.45, 2.75) is 38.3 Å². The second-order valence-corrected chi connectivity index (χ2v) is 3.51. The van der Waals surface area contributed by atoms with Gasteiger partial charge >= 0.3 is 0 Å². The zero-order valence-electron chi connectivity index (χ0n) is 8.27. The summed E-state index contributed by atoms with van der Waals surface area (Å²) in [7, 11) is 0. The van der Waals surface area contributed by atoms with Crippen LogP contribution in [0.2, 0.25) is 0 Å². The van der Waals surface area contributed by atoms with E-state index in [0.29, 0.717) is 11.7 Å². The van der Waals surface area contributed by atoms with Crippen LogP contribution in [-0.2, 0) is 4.74 Å². The molecular weight excluding hydrogens is 182 g/mol. The molecule has 0 aliphatic carbocycles. The maximum Gasteiger partial charge on any atom is 0.243 e. The number of nitrogens with zero attached hydrogens (tertiary/aromatic N) is 2. The van der Waals surface area contributed by atoms with Crippen molar-refractivity contribution < 1.29 is 9.26 Å². The smallest absolute Gasteiger partial charge is 0.243 e. The van der Waals surface area contributed by atoms with Crippen LogP contribution in [0.5, 0.6) is 0 Å². The third-order valence-corrected chi connectivity index (χ3v) is 2.43. The van der Waals surface area contributed by atoms with E-state index in [-0.39, 0.29) is 12.1 Å². The number of hydrogen-bond donors (Lipinski definition) is 1. The molecule has 1 aromatic rings. The summed E-state index contributed by atoms with van der Waals surface area (Å²) in [6, 6.07) is -0.155. The van der Waals surface area contributed by atoms with Crippen molar-refractivity contribution >= 4 is 0 Å². The highest BCUT2D eigenvalue weighted by Gasteiger charge is 2.24. The largest absolute Gasteiger partial charge is 0.370 e. The standard InChI is InChI=1S/C9H15N3O2/c1-2-6(10)9-11-8(12-14-9)7-4-3-5-13-7/h6-7H,2-5,10H2,1H3/t6-,7?/m0/s1. The van der Waals surface area contributed by atoms with Crippen LogP contribution in [0, 0.1) is 0 Å². The Bertz CT molecular complexity index is 294. The van der Waals surface area contributed by atoms with Crippen molar-refractivity contribution in [3.63, 3.8) is 0 Å². The van der Waals surface area contributed by atoms with Gasteiger partial charge in [0, 0.05) is 6.61 Å². The summed E-state index contributed by atoms with van der Waals surface area (Å²) < 4.78 is 10.5. The first-order valence-corrected chi connectivity index (χ1v) is 5.02. The average molecular weight is 197 g/mol. The first kappa shape index (κ1) is 9.61. The van der Waals surface area contributed by atoms with Crippen LogP contribution in [0.25, 0.3) is 0 Å². The lowest BCUT2D eigenvalue weighted by atomic mass is 10.2. The lowest BCUT2D eigenvalue weighted by Gasteiger charge is -2.02. The Balaban J connectivity index is 2.08. The third kappa shape index (κ3) is 1.78. The highest BCUT2D eigenvalue weighted by Crippen LogP contribution is 2.26. The molecule has 0 aromatic carbocycles. The van der Waals surface area contributed by atoms with E-state index in [1.807, 2.05) is 6.92 Å². The molecule has 1 aromatic heterocycles. The Hall–Kier alpha value is -0.940. The van der Waals surface area contributed by atoms with E-state index in [9.17, 15) is 0 Å². The molecule has 78 valence electrons. The minimum absolute atomic E-state index is 0.0107. The number of rotatable bonds is 3. The summed E-state index contributed by atoms with van der Waals surface area (Å²) in [6.07, 6.45) is 2.85.